The Labute approximate surface area is 150 Å². The van der Waals surface area contributed by atoms with Crippen LogP contribution in [-0.2, 0) is 6.42 Å². The van der Waals surface area contributed by atoms with Crippen LogP contribution in [0.3, 0.4) is 0 Å². The fourth-order valence-electron chi connectivity index (χ4n) is 2.90. The first kappa shape index (κ1) is 16.7. The number of nitrogens with two attached hydrogens (primary N) is 1. The Balaban J connectivity index is 2.19. The zero-order valence-electron chi connectivity index (χ0n) is 12.5. The van der Waals surface area contributed by atoms with E-state index in [1.807, 2.05) is 30.3 Å². The molecule has 0 amide bonds. The van der Waals surface area contributed by atoms with E-state index in [-0.39, 0.29) is 0 Å². The lowest BCUT2D eigenvalue weighted by Gasteiger charge is -2.06. The predicted octanol–water partition coefficient (Wildman–Crippen LogP) is 6.08. The summed E-state index contributed by atoms with van der Waals surface area (Å²) in [6.45, 7) is 0.689. The number of H-pyrrole nitrogens is 1. The Morgan fingerprint density at radius 2 is 1.78 bits per heavy atom. The van der Waals surface area contributed by atoms with E-state index in [2.05, 4.69) is 4.98 Å². The van der Waals surface area contributed by atoms with Gasteiger partial charge in [-0.05, 0) is 61.2 Å². The van der Waals surface area contributed by atoms with Crippen LogP contribution >= 0.6 is 34.8 Å². The number of hydrogen-bond acceptors (Lipinski definition) is 1. The number of hydrogen-bond donors (Lipinski definition) is 2. The molecule has 0 fully saturated rings. The second kappa shape index (κ2) is 7.14. The van der Waals surface area contributed by atoms with Gasteiger partial charge in [-0.2, -0.15) is 0 Å². The topological polar surface area (TPSA) is 41.8 Å². The molecular weight excluding hydrogens is 351 g/mol. The van der Waals surface area contributed by atoms with Gasteiger partial charge >= 0.3 is 0 Å². The van der Waals surface area contributed by atoms with Gasteiger partial charge in [-0.1, -0.05) is 46.9 Å². The molecule has 0 bridgehead atoms. The van der Waals surface area contributed by atoms with Crippen LogP contribution in [0.2, 0.25) is 15.1 Å². The van der Waals surface area contributed by atoms with Crippen LogP contribution in [0.15, 0.2) is 36.4 Å². The van der Waals surface area contributed by atoms with Gasteiger partial charge in [0.1, 0.15) is 0 Å². The zero-order valence-corrected chi connectivity index (χ0v) is 14.8. The molecule has 0 aliphatic heterocycles. The Morgan fingerprint density at radius 3 is 2.52 bits per heavy atom. The van der Waals surface area contributed by atoms with Crippen LogP contribution < -0.4 is 5.73 Å². The highest BCUT2D eigenvalue weighted by atomic mass is 35.5. The van der Waals surface area contributed by atoms with Crippen molar-refractivity contribution < 1.29 is 0 Å². The van der Waals surface area contributed by atoms with Crippen molar-refractivity contribution >= 4 is 45.7 Å². The molecule has 0 unspecified atom stereocenters. The van der Waals surface area contributed by atoms with E-state index >= 15 is 0 Å². The van der Waals surface area contributed by atoms with Gasteiger partial charge in [0.05, 0.1) is 5.02 Å². The highest BCUT2D eigenvalue weighted by Gasteiger charge is 2.16. The summed E-state index contributed by atoms with van der Waals surface area (Å²) in [5, 5.41) is 3.02. The molecule has 3 rings (SSSR count). The molecule has 1 aromatic heterocycles. The summed E-state index contributed by atoms with van der Waals surface area (Å²) in [6, 6.07) is 11.5. The molecule has 3 aromatic rings. The fourth-order valence-corrected chi connectivity index (χ4v) is 3.70. The number of unbranched alkanes of at least 4 members (excludes halogenated alkanes) is 1. The lowest BCUT2D eigenvalue weighted by molar-refractivity contribution is 0.748. The SMILES string of the molecule is NCCCCc1c(-c2cccc(Cl)c2)[nH]c2cc(Cl)cc(Cl)c12. The highest BCUT2D eigenvalue weighted by molar-refractivity contribution is 6.39. The lowest BCUT2D eigenvalue weighted by atomic mass is 10.0. The van der Waals surface area contributed by atoms with E-state index in [4.69, 9.17) is 40.5 Å². The molecule has 0 saturated heterocycles. The highest BCUT2D eigenvalue weighted by Crippen LogP contribution is 2.37. The van der Waals surface area contributed by atoms with Crippen molar-refractivity contribution in [3.8, 4) is 11.3 Å². The van der Waals surface area contributed by atoms with Crippen LogP contribution in [0.25, 0.3) is 22.2 Å². The molecule has 0 aliphatic rings. The molecule has 1 heterocycles. The Morgan fingerprint density at radius 1 is 0.957 bits per heavy atom. The minimum atomic E-state index is 0.620. The second-order valence-corrected chi connectivity index (χ2v) is 6.82. The third-order valence-electron chi connectivity index (χ3n) is 3.91. The maximum Gasteiger partial charge on any atom is 0.0517 e. The molecule has 0 saturated carbocycles. The van der Waals surface area contributed by atoms with Gasteiger partial charge in [0.25, 0.3) is 0 Å². The van der Waals surface area contributed by atoms with Crippen molar-refractivity contribution in [2.75, 3.05) is 6.54 Å². The smallest absolute Gasteiger partial charge is 0.0517 e. The van der Waals surface area contributed by atoms with Crippen LogP contribution in [0, 0.1) is 0 Å². The summed E-state index contributed by atoms with van der Waals surface area (Å²) < 4.78 is 0. The van der Waals surface area contributed by atoms with Gasteiger partial charge in [-0.25, -0.2) is 0 Å². The predicted molar refractivity (Wildman–Crippen MR) is 101 cm³/mol. The minimum absolute atomic E-state index is 0.620. The normalized spacial score (nSPS) is 11.3. The first-order valence-electron chi connectivity index (χ1n) is 7.55. The van der Waals surface area contributed by atoms with Gasteiger partial charge in [-0.15, -0.1) is 0 Å². The third kappa shape index (κ3) is 3.51. The van der Waals surface area contributed by atoms with Gasteiger partial charge in [0, 0.05) is 26.6 Å². The number of halogens is 3. The van der Waals surface area contributed by atoms with Crippen LogP contribution in [-0.4, -0.2) is 11.5 Å². The summed E-state index contributed by atoms with van der Waals surface area (Å²) in [4.78, 5) is 3.46. The number of aromatic amines is 1. The second-order valence-electron chi connectivity index (χ2n) is 5.54. The molecule has 0 radical (unpaired) electrons. The van der Waals surface area contributed by atoms with Gasteiger partial charge in [-0.3, -0.25) is 0 Å². The van der Waals surface area contributed by atoms with Crippen molar-refractivity contribution in [1.82, 2.24) is 4.98 Å². The average molecular weight is 368 g/mol. The first-order chi connectivity index (χ1) is 11.1. The Bertz CT molecular complexity index is 840. The van der Waals surface area contributed by atoms with Crippen molar-refractivity contribution in [1.29, 1.82) is 0 Å². The molecular formula is C18H17Cl3N2. The zero-order chi connectivity index (χ0) is 16.4. The number of benzene rings is 2. The molecule has 5 heteroatoms. The fraction of sp³-hybridized carbons (Fsp3) is 0.222. The maximum atomic E-state index is 6.46. The quantitative estimate of drug-likeness (QED) is 0.527. The van der Waals surface area contributed by atoms with Crippen molar-refractivity contribution in [2.45, 2.75) is 19.3 Å². The molecule has 23 heavy (non-hydrogen) atoms. The van der Waals surface area contributed by atoms with Crippen LogP contribution in [0.1, 0.15) is 18.4 Å². The Hall–Kier alpha value is -1.19. The molecule has 0 atom stereocenters. The van der Waals surface area contributed by atoms with E-state index in [0.717, 1.165) is 41.4 Å². The van der Waals surface area contributed by atoms with E-state index < -0.39 is 0 Å². The van der Waals surface area contributed by atoms with Crippen molar-refractivity contribution in [3.63, 3.8) is 0 Å². The average Bonchev–Trinajstić information content (AvgIpc) is 2.86. The van der Waals surface area contributed by atoms with Gasteiger partial charge in [0.2, 0.25) is 0 Å². The van der Waals surface area contributed by atoms with Gasteiger partial charge in [0.15, 0.2) is 0 Å². The summed E-state index contributed by atoms with van der Waals surface area (Å²) in [7, 11) is 0. The summed E-state index contributed by atoms with van der Waals surface area (Å²) >= 11 is 18.8. The van der Waals surface area contributed by atoms with E-state index in [1.54, 1.807) is 6.07 Å². The number of rotatable bonds is 5. The number of fused-ring (bicyclic) bond motifs is 1. The molecule has 0 aliphatic carbocycles. The monoisotopic (exact) mass is 366 g/mol. The molecule has 120 valence electrons. The Kier molecular flexibility index (Phi) is 5.17. The minimum Gasteiger partial charge on any atom is -0.354 e. The largest absolute Gasteiger partial charge is 0.354 e. The maximum absolute atomic E-state index is 6.46. The first-order valence-corrected chi connectivity index (χ1v) is 8.69. The summed E-state index contributed by atoms with van der Waals surface area (Å²) in [5.41, 5.74) is 9.86. The number of aryl methyl sites for hydroxylation is 1. The molecule has 2 nitrogen and oxygen atoms in total. The molecule has 3 N–H and O–H groups in total. The van der Waals surface area contributed by atoms with Crippen molar-refractivity contribution in [2.24, 2.45) is 5.73 Å². The van der Waals surface area contributed by atoms with Gasteiger partial charge < -0.3 is 10.7 Å². The lowest BCUT2D eigenvalue weighted by Crippen LogP contribution is -1.99. The molecule has 0 spiro atoms. The summed E-state index contributed by atoms with van der Waals surface area (Å²) in [5.74, 6) is 0. The number of nitrogens with one attached hydrogen (secondary N) is 1. The van der Waals surface area contributed by atoms with Crippen molar-refractivity contribution in [3.05, 3.63) is 57.0 Å². The third-order valence-corrected chi connectivity index (χ3v) is 4.66. The van der Waals surface area contributed by atoms with Crippen LogP contribution in [0.4, 0.5) is 0 Å². The van der Waals surface area contributed by atoms with E-state index in [0.29, 0.717) is 21.6 Å². The van der Waals surface area contributed by atoms with Crippen LogP contribution in [0.5, 0.6) is 0 Å². The van der Waals surface area contributed by atoms with E-state index in [1.165, 1.54) is 5.56 Å². The van der Waals surface area contributed by atoms with E-state index in [9.17, 15) is 0 Å². The number of aromatic nitrogens is 1. The standard InChI is InChI=1S/C18H17Cl3N2/c19-12-5-3-4-11(8-12)18-14(6-1-2-7-22)17-15(21)9-13(20)10-16(17)23-18/h3-5,8-10,23H,1-2,6-7,22H2. The molecule has 2 aromatic carbocycles. The summed E-state index contributed by atoms with van der Waals surface area (Å²) in [6.07, 6.45) is 2.89.